The molecule has 0 bridgehead atoms. The Hall–Kier alpha value is -3.10. The molecule has 1 saturated heterocycles. The molecule has 1 N–H and O–H groups in total. The lowest BCUT2D eigenvalue weighted by Crippen LogP contribution is -2.31. The summed E-state index contributed by atoms with van der Waals surface area (Å²) in [5.41, 5.74) is 2.67. The fourth-order valence-electron chi connectivity index (χ4n) is 4.91. The minimum absolute atomic E-state index is 0.00424. The van der Waals surface area contributed by atoms with Crippen LogP contribution in [0.4, 0.5) is 4.79 Å². The Labute approximate surface area is 228 Å². The number of rotatable bonds is 10. The van der Waals surface area contributed by atoms with Crippen LogP contribution in [0.5, 0.6) is 0 Å². The first-order chi connectivity index (χ1) is 18.2. The van der Waals surface area contributed by atoms with Crippen LogP contribution in [0, 0.1) is 24.7 Å². The second-order valence-electron chi connectivity index (χ2n) is 10.3. The molecule has 1 amide bonds. The predicted molar refractivity (Wildman–Crippen MR) is 144 cm³/mol. The van der Waals surface area contributed by atoms with Crippen molar-refractivity contribution in [2.75, 3.05) is 26.3 Å². The lowest BCUT2D eigenvalue weighted by molar-refractivity contribution is -0.138. The van der Waals surface area contributed by atoms with Gasteiger partial charge in [-0.15, -0.1) is 0 Å². The fraction of sp³-hybridized carbons (Fsp3) is 0.483. The van der Waals surface area contributed by atoms with E-state index in [0.717, 1.165) is 29.0 Å². The Morgan fingerprint density at radius 1 is 1.29 bits per heavy atom. The zero-order valence-electron chi connectivity index (χ0n) is 22.1. The quantitative estimate of drug-likeness (QED) is 0.397. The Morgan fingerprint density at radius 3 is 2.84 bits per heavy atom. The van der Waals surface area contributed by atoms with Gasteiger partial charge in [-0.2, -0.15) is 0 Å². The number of hydrogen-bond donors (Lipinski definition) is 1. The monoisotopic (exact) mass is 542 g/mol. The Morgan fingerprint density at radius 2 is 2.11 bits per heavy atom. The molecule has 0 saturated carbocycles. The van der Waals surface area contributed by atoms with Crippen molar-refractivity contribution in [3.63, 3.8) is 0 Å². The van der Waals surface area contributed by atoms with E-state index in [0.29, 0.717) is 43.6 Å². The summed E-state index contributed by atoms with van der Waals surface area (Å²) in [6.07, 6.45) is 6.95. The highest BCUT2D eigenvalue weighted by Gasteiger charge is 2.39. The third-order valence-electron chi connectivity index (χ3n) is 6.80. The maximum atomic E-state index is 12.6. The van der Waals surface area contributed by atoms with Crippen LogP contribution in [0.1, 0.15) is 38.1 Å². The first kappa shape index (κ1) is 27.9. The molecule has 1 aromatic carbocycles. The molecular weight excluding hydrogens is 508 g/mol. The summed E-state index contributed by atoms with van der Waals surface area (Å²) < 4.78 is 17.4. The summed E-state index contributed by atoms with van der Waals surface area (Å²) >= 11 is 6.10. The SMILES string of the molecule is Cc1oc(-c2cccc(Cl)c2)nc1CCOC1C=C([C@H]2CN(C(=O)OCC(C)C)C[C@H]2CC(=O)O)C=CC1. The number of aliphatic carboxylic acids is 1. The van der Waals surface area contributed by atoms with E-state index in [1.807, 2.05) is 51.1 Å². The van der Waals surface area contributed by atoms with Crippen LogP contribution < -0.4 is 0 Å². The number of hydrogen-bond acceptors (Lipinski definition) is 6. The van der Waals surface area contributed by atoms with Crippen molar-refractivity contribution in [2.24, 2.45) is 17.8 Å². The molecule has 204 valence electrons. The molecule has 1 fully saturated rings. The van der Waals surface area contributed by atoms with E-state index in [1.54, 1.807) is 4.90 Å². The second kappa shape index (κ2) is 12.6. The molecule has 1 aliphatic heterocycles. The van der Waals surface area contributed by atoms with Crippen molar-refractivity contribution in [3.8, 4) is 11.5 Å². The molecule has 2 heterocycles. The number of aryl methyl sites for hydroxylation is 1. The average Bonchev–Trinajstić information content (AvgIpc) is 3.46. The van der Waals surface area contributed by atoms with Gasteiger partial charge in [-0.05, 0) is 49.0 Å². The number of oxazole rings is 1. The van der Waals surface area contributed by atoms with Crippen molar-refractivity contribution < 1.29 is 28.6 Å². The fourth-order valence-corrected chi connectivity index (χ4v) is 5.10. The number of halogens is 1. The van der Waals surface area contributed by atoms with Gasteiger partial charge < -0.3 is 23.9 Å². The molecule has 8 nitrogen and oxygen atoms in total. The zero-order chi connectivity index (χ0) is 27.2. The lowest BCUT2D eigenvalue weighted by Gasteiger charge is -2.23. The minimum atomic E-state index is -0.870. The van der Waals surface area contributed by atoms with Gasteiger partial charge in [0, 0.05) is 36.0 Å². The number of carboxylic acid groups (broad SMARTS) is 1. The number of aromatic nitrogens is 1. The van der Waals surface area contributed by atoms with Gasteiger partial charge in [0.15, 0.2) is 0 Å². The second-order valence-corrected chi connectivity index (χ2v) is 10.8. The van der Waals surface area contributed by atoms with Crippen LogP contribution >= 0.6 is 11.6 Å². The summed E-state index contributed by atoms with van der Waals surface area (Å²) in [6, 6.07) is 7.39. The van der Waals surface area contributed by atoms with Gasteiger partial charge in [0.25, 0.3) is 0 Å². The summed E-state index contributed by atoms with van der Waals surface area (Å²) in [6.45, 7) is 7.45. The third-order valence-corrected chi connectivity index (χ3v) is 7.03. The highest BCUT2D eigenvalue weighted by atomic mass is 35.5. The highest BCUT2D eigenvalue weighted by molar-refractivity contribution is 6.30. The molecule has 1 unspecified atom stereocenters. The minimum Gasteiger partial charge on any atom is -0.481 e. The van der Waals surface area contributed by atoms with Crippen LogP contribution in [0.25, 0.3) is 11.5 Å². The largest absolute Gasteiger partial charge is 0.481 e. The van der Waals surface area contributed by atoms with Crippen LogP contribution in [0.15, 0.2) is 52.5 Å². The molecule has 9 heteroatoms. The van der Waals surface area contributed by atoms with Crippen molar-refractivity contribution in [1.82, 2.24) is 9.88 Å². The number of carbonyl (C=O) groups excluding carboxylic acids is 1. The van der Waals surface area contributed by atoms with Crippen molar-refractivity contribution in [2.45, 2.75) is 46.1 Å². The molecular formula is C29H35ClN2O6. The van der Waals surface area contributed by atoms with Crippen LogP contribution in [-0.4, -0.2) is 59.5 Å². The van der Waals surface area contributed by atoms with Gasteiger partial charge in [0.1, 0.15) is 5.76 Å². The number of nitrogens with zero attached hydrogens (tertiary/aromatic N) is 2. The number of amides is 1. The van der Waals surface area contributed by atoms with Crippen molar-refractivity contribution in [3.05, 3.63) is 64.5 Å². The molecule has 1 aliphatic carbocycles. The number of likely N-dealkylation sites (tertiary alicyclic amines) is 1. The highest BCUT2D eigenvalue weighted by Crippen LogP contribution is 2.35. The molecule has 0 spiro atoms. The maximum Gasteiger partial charge on any atom is 0.409 e. The Balaban J connectivity index is 1.37. The van der Waals surface area contributed by atoms with E-state index in [9.17, 15) is 14.7 Å². The van der Waals surface area contributed by atoms with E-state index < -0.39 is 5.97 Å². The maximum absolute atomic E-state index is 12.6. The molecule has 1 aromatic heterocycles. The number of ether oxygens (including phenoxy) is 2. The standard InChI is InChI=1S/C29H35ClN2O6/c1-18(2)17-37-29(35)32-15-22(14-27(33)34)25(16-32)20-6-5-9-24(13-20)36-11-10-26-19(3)38-28(31-26)21-7-4-8-23(30)12-21/h4-8,12-13,18,22,24-25H,9-11,14-17H2,1-3H3,(H,33,34)/t22-,24?,25-/m1/s1. The van der Waals surface area contributed by atoms with Gasteiger partial charge in [0.2, 0.25) is 5.89 Å². The Kier molecular flexibility index (Phi) is 9.28. The molecule has 4 rings (SSSR count). The third kappa shape index (κ3) is 7.26. The Bertz CT molecular complexity index is 1200. The first-order valence-corrected chi connectivity index (χ1v) is 13.4. The van der Waals surface area contributed by atoms with Crippen molar-refractivity contribution >= 4 is 23.7 Å². The lowest BCUT2D eigenvalue weighted by atomic mass is 9.84. The van der Waals surface area contributed by atoms with E-state index in [2.05, 4.69) is 17.1 Å². The van der Waals surface area contributed by atoms with Crippen molar-refractivity contribution in [1.29, 1.82) is 0 Å². The van der Waals surface area contributed by atoms with E-state index in [4.69, 9.17) is 25.5 Å². The van der Waals surface area contributed by atoms with Gasteiger partial charge in [-0.25, -0.2) is 9.78 Å². The number of allylic oxidation sites excluding steroid dienone is 1. The summed E-state index contributed by atoms with van der Waals surface area (Å²) in [5.74, 6) is 0.374. The molecule has 38 heavy (non-hydrogen) atoms. The molecule has 2 aliphatic rings. The smallest absolute Gasteiger partial charge is 0.409 e. The number of carboxylic acids is 1. The summed E-state index contributed by atoms with van der Waals surface area (Å²) in [5, 5.41) is 10.1. The van der Waals surface area contributed by atoms with Gasteiger partial charge in [0.05, 0.1) is 31.4 Å². The first-order valence-electron chi connectivity index (χ1n) is 13.0. The molecule has 3 atom stereocenters. The summed E-state index contributed by atoms with van der Waals surface area (Å²) in [7, 11) is 0. The molecule has 2 aromatic rings. The summed E-state index contributed by atoms with van der Waals surface area (Å²) in [4.78, 5) is 30.4. The average molecular weight is 543 g/mol. The van der Waals surface area contributed by atoms with Crippen LogP contribution in [0.3, 0.4) is 0 Å². The predicted octanol–water partition coefficient (Wildman–Crippen LogP) is 5.93. The number of carbonyl (C=O) groups is 2. The van der Waals surface area contributed by atoms with E-state index in [-0.39, 0.29) is 36.4 Å². The number of benzene rings is 1. The van der Waals surface area contributed by atoms with Gasteiger partial charge >= 0.3 is 12.1 Å². The van der Waals surface area contributed by atoms with Gasteiger partial charge in [-0.1, -0.05) is 49.7 Å². The van der Waals surface area contributed by atoms with Crippen LogP contribution in [0.2, 0.25) is 5.02 Å². The zero-order valence-corrected chi connectivity index (χ0v) is 22.8. The van der Waals surface area contributed by atoms with E-state index >= 15 is 0 Å². The van der Waals surface area contributed by atoms with Gasteiger partial charge in [-0.3, -0.25) is 4.79 Å². The van der Waals surface area contributed by atoms with Crippen LogP contribution in [-0.2, 0) is 20.7 Å². The molecule has 0 radical (unpaired) electrons. The topological polar surface area (TPSA) is 102 Å². The van der Waals surface area contributed by atoms with E-state index in [1.165, 1.54) is 0 Å². The normalized spacial score (nSPS) is 21.1.